The van der Waals surface area contributed by atoms with Crippen LogP contribution in [-0.2, 0) is 11.8 Å². The molecule has 0 amide bonds. The molecule has 0 atom stereocenters. The quantitative estimate of drug-likeness (QED) is 0.801. The summed E-state index contributed by atoms with van der Waals surface area (Å²) in [5.74, 6) is 0. The van der Waals surface area contributed by atoms with Gasteiger partial charge in [-0.15, -0.1) is 11.3 Å². The fourth-order valence-corrected chi connectivity index (χ4v) is 2.72. The zero-order valence-corrected chi connectivity index (χ0v) is 11.1. The van der Waals surface area contributed by atoms with E-state index >= 15 is 0 Å². The first-order valence-corrected chi connectivity index (χ1v) is 6.51. The highest BCUT2D eigenvalue weighted by Crippen LogP contribution is 2.31. The minimum absolute atomic E-state index is 0.0303. The highest BCUT2D eigenvalue weighted by molar-refractivity contribution is 7.16. The second-order valence-corrected chi connectivity index (χ2v) is 5.88. The molecule has 2 aromatic heterocycles. The fraction of sp³-hybridized carbons (Fsp3) is 0.583. The zero-order chi connectivity index (χ0) is 11.8. The van der Waals surface area contributed by atoms with Crippen molar-refractivity contribution in [2.75, 3.05) is 0 Å². The summed E-state index contributed by atoms with van der Waals surface area (Å²) in [4.78, 5) is 4.43. The Morgan fingerprint density at radius 2 is 2.00 bits per heavy atom. The Bertz CT molecular complexity index is 496. The summed E-state index contributed by atoms with van der Waals surface area (Å²) in [5.41, 5.74) is 5.06. The van der Waals surface area contributed by atoms with Gasteiger partial charge in [0, 0.05) is 5.41 Å². The molecule has 3 nitrogen and oxygen atoms in total. The van der Waals surface area contributed by atoms with Crippen molar-refractivity contribution >= 4 is 21.6 Å². The lowest BCUT2D eigenvalue weighted by Crippen LogP contribution is -2.15. The molecular weight excluding hydrogens is 218 g/mol. The summed E-state index contributed by atoms with van der Waals surface area (Å²) < 4.78 is 1.20. The minimum atomic E-state index is 0.0303. The average Bonchev–Trinajstić information content (AvgIpc) is 2.65. The van der Waals surface area contributed by atoms with Crippen molar-refractivity contribution in [2.45, 2.75) is 46.0 Å². The molecule has 0 N–H and O–H groups in total. The van der Waals surface area contributed by atoms with Crippen LogP contribution in [0.3, 0.4) is 0 Å². The monoisotopic (exact) mass is 235 g/mol. The topological polar surface area (TPSA) is 38.7 Å². The molecule has 0 unspecified atom stereocenters. The predicted octanol–water partition coefficient (Wildman–Crippen LogP) is 3.34. The molecule has 0 aliphatic heterocycles. The molecule has 86 valence electrons. The summed E-state index contributed by atoms with van der Waals surface area (Å²) >= 11 is 1.67. The largest absolute Gasteiger partial charge is 0.243 e. The molecule has 0 aromatic carbocycles. The van der Waals surface area contributed by atoms with E-state index in [1.807, 2.05) is 5.51 Å². The van der Waals surface area contributed by atoms with Gasteiger partial charge in [0.1, 0.15) is 5.52 Å². The Hall–Kier alpha value is -1.03. The number of hydrogen-bond acceptors (Lipinski definition) is 4. The van der Waals surface area contributed by atoms with Gasteiger partial charge in [-0.3, -0.25) is 0 Å². The molecule has 2 aromatic rings. The van der Waals surface area contributed by atoms with Gasteiger partial charge in [0.05, 0.1) is 21.6 Å². The molecule has 0 spiro atoms. The SMILES string of the molecule is CCCc1nnc(C(C)(C)C)c2scnc12. The van der Waals surface area contributed by atoms with Crippen LogP contribution >= 0.6 is 11.3 Å². The lowest BCUT2D eigenvalue weighted by atomic mass is 9.91. The van der Waals surface area contributed by atoms with Crippen molar-refractivity contribution in [1.82, 2.24) is 15.2 Å². The van der Waals surface area contributed by atoms with Gasteiger partial charge in [0.25, 0.3) is 0 Å². The normalized spacial score (nSPS) is 12.2. The van der Waals surface area contributed by atoms with E-state index in [9.17, 15) is 0 Å². The first-order valence-electron chi connectivity index (χ1n) is 5.63. The second-order valence-electron chi connectivity index (χ2n) is 5.03. The van der Waals surface area contributed by atoms with Crippen molar-refractivity contribution < 1.29 is 0 Å². The van der Waals surface area contributed by atoms with Crippen molar-refractivity contribution in [3.05, 3.63) is 16.9 Å². The lowest BCUT2D eigenvalue weighted by molar-refractivity contribution is 0.564. The van der Waals surface area contributed by atoms with Crippen LogP contribution < -0.4 is 0 Å². The number of aromatic nitrogens is 3. The van der Waals surface area contributed by atoms with Crippen LogP contribution in [0, 0.1) is 0 Å². The maximum absolute atomic E-state index is 4.43. The van der Waals surface area contributed by atoms with E-state index in [1.54, 1.807) is 11.3 Å². The Morgan fingerprint density at radius 3 is 2.62 bits per heavy atom. The smallest absolute Gasteiger partial charge is 0.106 e. The van der Waals surface area contributed by atoms with Gasteiger partial charge < -0.3 is 0 Å². The number of thiazole rings is 1. The van der Waals surface area contributed by atoms with E-state index < -0.39 is 0 Å². The number of fused-ring (bicyclic) bond motifs is 1. The molecule has 0 saturated heterocycles. The van der Waals surface area contributed by atoms with Crippen molar-refractivity contribution in [2.24, 2.45) is 0 Å². The van der Waals surface area contributed by atoms with E-state index in [4.69, 9.17) is 0 Å². The summed E-state index contributed by atoms with van der Waals surface area (Å²) in [6.45, 7) is 8.64. The summed E-state index contributed by atoms with van der Waals surface area (Å²) in [7, 11) is 0. The van der Waals surface area contributed by atoms with Gasteiger partial charge in [-0.2, -0.15) is 10.2 Å². The van der Waals surface area contributed by atoms with Gasteiger partial charge in [-0.1, -0.05) is 34.1 Å². The van der Waals surface area contributed by atoms with Crippen LogP contribution in [-0.4, -0.2) is 15.2 Å². The van der Waals surface area contributed by atoms with Crippen LogP contribution in [0.2, 0.25) is 0 Å². The summed E-state index contributed by atoms with van der Waals surface area (Å²) in [5, 5.41) is 8.72. The van der Waals surface area contributed by atoms with Crippen molar-refractivity contribution in [3.63, 3.8) is 0 Å². The molecule has 0 fully saturated rings. The molecular formula is C12H17N3S. The second kappa shape index (κ2) is 4.09. The van der Waals surface area contributed by atoms with E-state index in [-0.39, 0.29) is 5.41 Å². The highest BCUT2D eigenvalue weighted by atomic mass is 32.1. The molecule has 2 heterocycles. The predicted molar refractivity (Wildman–Crippen MR) is 67.9 cm³/mol. The van der Waals surface area contributed by atoms with E-state index in [0.29, 0.717) is 0 Å². The van der Waals surface area contributed by atoms with Crippen LogP contribution in [0.25, 0.3) is 10.2 Å². The highest BCUT2D eigenvalue weighted by Gasteiger charge is 2.22. The summed E-state index contributed by atoms with van der Waals surface area (Å²) in [6.07, 6.45) is 2.04. The first-order chi connectivity index (χ1) is 7.54. The Kier molecular flexibility index (Phi) is 2.93. The standard InChI is InChI=1S/C12H17N3S/c1-5-6-8-9-10(16-7-13-9)11(15-14-8)12(2,3)4/h7H,5-6H2,1-4H3. The lowest BCUT2D eigenvalue weighted by Gasteiger charge is -2.17. The first kappa shape index (κ1) is 11.5. The van der Waals surface area contributed by atoms with Gasteiger partial charge in [0.15, 0.2) is 0 Å². The number of rotatable bonds is 2. The third-order valence-corrected chi connectivity index (χ3v) is 3.36. The summed E-state index contributed by atoms with van der Waals surface area (Å²) in [6, 6.07) is 0. The number of nitrogens with zero attached hydrogens (tertiary/aromatic N) is 3. The van der Waals surface area contributed by atoms with Crippen LogP contribution in [0.4, 0.5) is 0 Å². The fourth-order valence-electron chi connectivity index (χ4n) is 1.72. The molecule has 0 bridgehead atoms. The van der Waals surface area contributed by atoms with Crippen molar-refractivity contribution in [3.8, 4) is 0 Å². The van der Waals surface area contributed by atoms with E-state index in [1.165, 1.54) is 4.70 Å². The zero-order valence-electron chi connectivity index (χ0n) is 10.2. The Balaban J connectivity index is 2.64. The number of aryl methyl sites for hydroxylation is 1. The third-order valence-electron chi connectivity index (χ3n) is 2.52. The maximum atomic E-state index is 4.43. The van der Waals surface area contributed by atoms with Crippen LogP contribution in [0.15, 0.2) is 5.51 Å². The Labute approximate surface area is 99.9 Å². The molecule has 0 radical (unpaired) electrons. The number of hydrogen-bond donors (Lipinski definition) is 0. The van der Waals surface area contributed by atoms with Gasteiger partial charge in [0.2, 0.25) is 0 Å². The molecule has 2 rings (SSSR count). The molecule has 4 heteroatoms. The Morgan fingerprint density at radius 1 is 1.25 bits per heavy atom. The minimum Gasteiger partial charge on any atom is -0.243 e. The van der Waals surface area contributed by atoms with Gasteiger partial charge >= 0.3 is 0 Å². The molecule has 0 saturated carbocycles. The third kappa shape index (κ3) is 1.94. The maximum Gasteiger partial charge on any atom is 0.106 e. The molecule has 0 aliphatic rings. The average molecular weight is 235 g/mol. The van der Waals surface area contributed by atoms with Crippen LogP contribution in [0.1, 0.15) is 45.5 Å². The molecule has 0 aliphatic carbocycles. The van der Waals surface area contributed by atoms with Crippen LogP contribution in [0.5, 0.6) is 0 Å². The van der Waals surface area contributed by atoms with Gasteiger partial charge in [-0.25, -0.2) is 4.98 Å². The van der Waals surface area contributed by atoms with Gasteiger partial charge in [-0.05, 0) is 6.42 Å². The van der Waals surface area contributed by atoms with E-state index in [2.05, 4.69) is 42.9 Å². The van der Waals surface area contributed by atoms with Crippen molar-refractivity contribution in [1.29, 1.82) is 0 Å². The van der Waals surface area contributed by atoms with E-state index in [0.717, 1.165) is 29.7 Å². The molecule has 16 heavy (non-hydrogen) atoms.